The minimum atomic E-state index is 0.542. The molecule has 0 aliphatic carbocycles. The number of halogens is 1. The molecule has 2 atom stereocenters. The van der Waals surface area contributed by atoms with Gasteiger partial charge in [0.15, 0.2) is 0 Å². The highest BCUT2D eigenvalue weighted by Gasteiger charge is 2.36. The Kier molecular flexibility index (Phi) is 2.37. The SMILES string of the molecule is Cc1cc(Cl)c2c(c1)C[C@H]1CNCC(C)N21. The molecule has 1 fully saturated rings. The van der Waals surface area contributed by atoms with Gasteiger partial charge in [-0.15, -0.1) is 0 Å². The largest absolute Gasteiger partial charge is 0.362 e. The van der Waals surface area contributed by atoms with Gasteiger partial charge in [0.25, 0.3) is 0 Å². The number of nitrogens with one attached hydrogen (secondary N) is 1. The molecule has 2 aliphatic rings. The number of piperazine rings is 1. The van der Waals surface area contributed by atoms with Crippen LogP contribution in [-0.2, 0) is 6.42 Å². The first-order chi connectivity index (χ1) is 7.66. The Labute approximate surface area is 102 Å². The second-order valence-corrected chi connectivity index (χ2v) is 5.43. The van der Waals surface area contributed by atoms with Crippen LogP contribution in [0.5, 0.6) is 0 Å². The second-order valence-electron chi connectivity index (χ2n) is 5.03. The molecule has 2 heterocycles. The standard InChI is InChI=1S/C13H17ClN2/c1-8-3-10-5-11-7-15-6-9(2)16(11)13(10)12(14)4-8/h3-4,9,11,15H,5-7H2,1-2H3/t9?,11-/m0/s1. The normalized spacial score (nSPS) is 27.8. The molecule has 86 valence electrons. The molecule has 0 spiro atoms. The van der Waals surface area contributed by atoms with Crippen molar-refractivity contribution in [3.63, 3.8) is 0 Å². The van der Waals surface area contributed by atoms with Crippen LogP contribution in [0.15, 0.2) is 12.1 Å². The summed E-state index contributed by atoms with van der Waals surface area (Å²) >= 11 is 6.40. The molecule has 1 unspecified atom stereocenters. The van der Waals surface area contributed by atoms with Crippen LogP contribution in [0.2, 0.25) is 5.02 Å². The molecular weight excluding hydrogens is 220 g/mol. The van der Waals surface area contributed by atoms with Gasteiger partial charge in [-0.25, -0.2) is 0 Å². The van der Waals surface area contributed by atoms with Crippen molar-refractivity contribution in [3.8, 4) is 0 Å². The van der Waals surface area contributed by atoms with Gasteiger partial charge in [0.05, 0.1) is 10.7 Å². The molecule has 2 nitrogen and oxygen atoms in total. The van der Waals surface area contributed by atoms with Crippen molar-refractivity contribution in [1.29, 1.82) is 0 Å². The molecule has 1 aromatic carbocycles. The third-order valence-electron chi connectivity index (χ3n) is 3.69. The highest BCUT2D eigenvalue weighted by atomic mass is 35.5. The first kappa shape index (κ1) is 10.4. The molecule has 0 saturated carbocycles. The first-order valence-electron chi connectivity index (χ1n) is 5.95. The maximum atomic E-state index is 6.40. The molecule has 2 aliphatic heterocycles. The van der Waals surface area contributed by atoms with E-state index in [4.69, 9.17) is 11.6 Å². The fraction of sp³-hybridized carbons (Fsp3) is 0.538. The van der Waals surface area contributed by atoms with E-state index >= 15 is 0 Å². The van der Waals surface area contributed by atoms with Crippen LogP contribution in [0.25, 0.3) is 0 Å². The lowest BCUT2D eigenvalue weighted by Gasteiger charge is -2.38. The quantitative estimate of drug-likeness (QED) is 0.744. The Hall–Kier alpha value is -0.730. The highest BCUT2D eigenvalue weighted by Crippen LogP contribution is 2.40. The van der Waals surface area contributed by atoms with Crippen LogP contribution in [0.4, 0.5) is 5.69 Å². The van der Waals surface area contributed by atoms with Crippen LogP contribution in [0.1, 0.15) is 18.1 Å². The minimum absolute atomic E-state index is 0.542. The van der Waals surface area contributed by atoms with E-state index in [1.807, 2.05) is 0 Å². The van der Waals surface area contributed by atoms with Gasteiger partial charge in [-0.2, -0.15) is 0 Å². The van der Waals surface area contributed by atoms with Crippen molar-refractivity contribution in [1.82, 2.24) is 5.32 Å². The van der Waals surface area contributed by atoms with Gasteiger partial charge in [-0.3, -0.25) is 0 Å². The van der Waals surface area contributed by atoms with Crippen molar-refractivity contribution in [2.75, 3.05) is 18.0 Å². The number of hydrogen-bond donors (Lipinski definition) is 1. The number of rotatable bonds is 0. The number of aryl methyl sites for hydroxylation is 1. The smallest absolute Gasteiger partial charge is 0.0645 e. The Morgan fingerprint density at radius 3 is 3.00 bits per heavy atom. The molecular formula is C13H17ClN2. The fourth-order valence-electron chi connectivity index (χ4n) is 3.09. The van der Waals surface area contributed by atoms with E-state index in [9.17, 15) is 0 Å². The molecule has 0 bridgehead atoms. The number of hydrogen-bond acceptors (Lipinski definition) is 2. The summed E-state index contributed by atoms with van der Waals surface area (Å²) in [6.07, 6.45) is 1.13. The lowest BCUT2D eigenvalue weighted by atomic mass is 10.1. The lowest BCUT2D eigenvalue weighted by molar-refractivity contribution is 0.430. The molecule has 0 radical (unpaired) electrons. The number of benzene rings is 1. The summed E-state index contributed by atoms with van der Waals surface area (Å²) in [6.45, 7) is 6.52. The van der Waals surface area contributed by atoms with Gasteiger partial charge < -0.3 is 10.2 Å². The molecule has 0 aromatic heterocycles. The Bertz CT molecular complexity index is 430. The zero-order valence-corrected chi connectivity index (χ0v) is 10.5. The summed E-state index contributed by atoms with van der Waals surface area (Å²) in [6, 6.07) is 5.50. The van der Waals surface area contributed by atoms with Crippen LogP contribution in [0, 0.1) is 6.92 Å². The zero-order valence-electron chi connectivity index (χ0n) is 9.76. The van der Waals surface area contributed by atoms with Crippen molar-refractivity contribution in [2.24, 2.45) is 0 Å². The van der Waals surface area contributed by atoms with E-state index in [1.54, 1.807) is 0 Å². The second kappa shape index (κ2) is 3.64. The van der Waals surface area contributed by atoms with Crippen LogP contribution in [-0.4, -0.2) is 25.2 Å². The van der Waals surface area contributed by atoms with E-state index in [-0.39, 0.29) is 0 Å². The summed E-state index contributed by atoms with van der Waals surface area (Å²) in [5.74, 6) is 0. The van der Waals surface area contributed by atoms with Crippen molar-refractivity contribution in [2.45, 2.75) is 32.4 Å². The van der Waals surface area contributed by atoms with E-state index < -0.39 is 0 Å². The predicted molar refractivity (Wildman–Crippen MR) is 68.5 cm³/mol. The topological polar surface area (TPSA) is 15.3 Å². The van der Waals surface area contributed by atoms with E-state index in [1.165, 1.54) is 16.8 Å². The van der Waals surface area contributed by atoms with E-state index in [0.717, 1.165) is 24.5 Å². The Morgan fingerprint density at radius 1 is 1.38 bits per heavy atom. The maximum Gasteiger partial charge on any atom is 0.0645 e. The van der Waals surface area contributed by atoms with Crippen molar-refractivity contribution in [3.05, 3.63) is 28.3 Å². The Balaban J connectivity index is 2.10. The maximum absolute atomic E-state index is 6.40. The molecule has 3 rings (SSSR count). The van der Waals surface area contributed by atoms with Gasteiger partial charge in [-0.1, -0.05) is 17.7 Å². The molecule has 1 saturated heterocycles. The van der Waals surface area contributed by atoms with Gasteiger partial charge >= 0.3 is 0 Å². The predicted octanol–water partition coefficient (Wildman–Crippen LogP) is 2.37. The number of nitrogens with zero attached hydrogens (tertiary/aromatic N) is 1. The van der Waals surface area contributed by atoms with Gasteiger partial charge in [-0.05, 0) is 37.5 Å². The summed E-state index contributed by atoms with van der Waals surface area (Å²) in [5.41, 5.74) is 3.97. The number of fused-ring (bicyclic) bond motifs is 3. The Morgan fingerprint density at radius 2 is 2.19 bits per heavy atom. The minimum Gasteiger partial charge on any atom is -0.362 e. The van der Waals surface area contributed by atoms with Crippen LogP contribution in [0.3, 0.4) is 0 Å². The fourth-order valence-corrected chi connectivity index (χ4v) is 3.49. The summed E-state index contributed by atoms with van der Waals surface area (Å²) in [5, 5.41) is 4.41. The molecule has 1 aromatic rings. The monoisotopic (exact) mass is 236 g/mol. The lowest BCUT2D eigenvalue weighted by Crippen LogP contribution is -2.54. The summed E-state index contributed by atoms with van der Waals surface area (Å²) in [7, 11) is 0. The third-order valence-corrected chi connectivity index (χ3v) is 3.98. The van der Waals surface area contributed by atoms with Crippen LogP contribution < -0.4 is 10.2 Å². The first-order valence-corrected chi connectivity index (χ1v) is 6.32. The molecule has 0 amide bonds. The van der Waals surface area contributed by atoms with E-state index in [2.05, 4.69) is 36.2 Å². The van der Waals surface area contributed by atoms with Crippen molar-refractivity contribution >= 4 is 17.3 Å². The van der Waals surface area contributed by atoms with Crippen molar-refractivity contribution < 1.29 is 0 Å². The molecule has 1 N–H and O–H groups in total. The average molecular weight is 237 g/mol. The van der Waals surface area contributed by atoms with Crippen LogP contribution >= 0.6 is 11.6 Å². The van der Waals surface area contributed by atoms with Gasteiger partial charge in [0.1, 0.15) is 0 Å². The highest BCUT2D eigenvalue weighted by molar-refractivity contribution is 6.33. The average Bonchev–Trinajstić information content (AvgIpc) is 2.56. The van der Waals surface area contributed by atoms with E-state index in [0.29, 0.717) is 12.1 Å². The zero-order chi connectivity index (χ0) is 11.3. The third kappa shape index (κ3) is 1.44. The number of anilines is 1. The van der Waals surface area contributed by atoms with Gasteiger partial charge in [0.2, 0.25) is 0 Å². The summed E-state index contributed by atoms with van der Waals surface area (Å²) in [4.78, 5) is 2.51. The molecule has 3 heteroatoms. The summed E-state index contributed by atoms with van der Waals surface area (Å²) < 4.78 is 0. The molecule has 16 heavy (non-hydrogen) atoms. The van der Waals surface area contributed by atoms with Gasteiger partial charge in [0, 0.05) is 25.2 Å².